The van der Waals surface area contributed by atoms with E-state index in [-0.39, 0.29) is 38.3 Å². The molecule has 2 aliphatic carbocycles. The molecule has 0 spiro atoms. The number of alkyl halides is 5. The molecule has 1 heterocycles. The van der Waals surface area contributed by atoms with Gasteiger partial charge in [0.25, 0.3) is 5.91 Å². The fourth-order valence-corrected chi connectivity index (χ4v) is 7.25. The van der Waals surface area contributed by atoms with Crippen molar-refractivity contribution >= 4 is 11.9 Å². The first-order chi connectivity index (χ1) is 18.7. The molecule has 2 fully saturated rings. The number of carbonyl (C=O) groups is 2. The molecule has 1 amide bonds. The van der Waals surface area contributed by atoms with Crippen molar-refractivity contribution in [3.8, 4) is 0 Å². The number of aryl methyl sites for hydroxylation is 2. The Morgan fingerprint density at radius 1 is 1.02 bits per heavy atom. The Bertz CT molecular complexity index is 1310. The Morgan fingerprint density at radius 2 is 1.73 bits per heavy atom. The molecule has 0 aromatic heterocycles. The molecule has 2 aromatic rings. The van der Waals surface area contributed by atoms with Crippen molar-refractivity contribution in [2.75, 3.05) is 6.54 Å². The SMILES string of the molecule is Cc1cccc(CC23CCN(C(=O)[C@]4(F)CC[C@@H](C(=O)O)CC4)C2CCc2cc(C(C)(F)C(F)(F)F)ccc23)c1. The predicted molar refractivity (Wildman–Crippen MR) is 139 cm³/mol. The number of carboxylic acid groups (broad SMARTS) is 1. The number of hydrogen-bond acceptors (Lipinski definition) is 2. The molecule has 1 saturated heterocycles. The van der Waals surface area contributed by atoms with Crippen molar-refractivity contribution in [2.24, 2.45) is 5.92 Å². The van der Waals surface area contributed by atoms with E-state index in [1.54, 1.807) is 11.0 Å². The van der Waals surface area contributed by atoms with E-state index in [9.17, 15) is 32.3 Å². The first kappa shape index (κ1) is 28.6. The second-order valence-corrected chi connectivity index (χ2v) is 12.1. The minimum atomic E-state index is -5.07. The molecule has 216 valence electrons. The van der Waals surface area contributed by atoms with E-state index >= 15 is 4.39 Å². The highest BCUT2D eigenvalue weighted by atomic mass is 19.4. The molecule has 2 aromatic carbocycles. The van der Waals surface area contributed by atoms with Gasteiger partial charge in [0.1, 0.15) is 0 Å². The van der Waals surface area contributed by atoms with Gasteiger partial charge in [0.2, 0.25) is 5.67 Å². The van der Waals surface area contributed by atoms with Crippen LogP contribution in [0.3, 0.4) is 0 Å². The minimum Gasteiger partial charge on any atom is -0.481 e. The molecule has 3 atom stereocenters. The van der Waals surface area contributed by atoms with E-state index in [0.717, 1.165) is 16.7 Å². The van der Waals surface area contributed by atoms with Gasteiger partial charge in [-0.3, -0.25) is 9.59 Å². The monoisotopic (exact) mass is 563 g/mol. The van der Waals surface area contributed by atoms with Crippen LogP contribution < -0.4 is 0 Å². The number of likely N-dealkylation sites (tertiary alicyclic amines) is 1. The van der Waals surface area contributed by atoms with Crippen molar-refractivity contribution in [1.82, 2.24) is 4.90 Å². The molecule has 40 heavy (non-hydrogen) atoms. The zero-order valence-corrected chi connectivity index (χ0v) is 22.7. The second-order valence-electron chi connectivity index (χ2n) is 12.1. The van der Waals surface area contributed by atoms with E-state index in [1.807, 2.05) is 31.2 Å². The van der Waals surface area contributed by atoms with Gasteiger partial charge in [-0.25, -0.2) is 8.78 Å². The summed E-state index contributed by atoms with van der Waals surface area (Å²) in [7, 11) is 0. The average molecular weight is 564 g/mol. The average Bonchev–Trinajstić information content (AvgIpc) is 3.26. The van der Waals surface area contributed by atoms with Crippen LogP contribution >= 0.6 is 0 Å². The largest absolute Gasteiger partial charge is 0.481 e. The van der Waals surface area contributed by atoms with Crippen LogP contribution in [0, 0.1) is 12.8 Å². The van der Waals surface area contributed by atoms with Crippen LogP contribution in [0.2, 0.25) is 0 Å². The predicted octanol–water partition coefficient (Wildman–Crippen LogP) is 6.75. The fraction of sp³-hybridized carbons (Fsp3) is 0.548. The van der Waals surface area contributed by atoms with E-state index in [0.29, 0.717) is 38.2 Å². The quantitative estimate of drug-likeness (QED) is 0.410. The molecule has 1 aliphatic heterocycles. The lowest BCUT2D eigenvalue weighted by Gasteiger charge is -2.45. The third-order valence-corrected chi connectivity index (χ3v) is 9.59. The number of aliphatic carboxylic acids is 1. The van der Waals surface area contributed by atoms with Crippen LogP contribution in [0.1, 0.15) is 73.3 Å². The van der Waals surface area contributed by atoms with Crippen molar-refractivity contribution in [1.29, 1.82) is 0 Å². The summed E-state index contributed by atoms with van der Waals surface area (Å²) in [5.41, 5.74) is -3.32. The number of amides is 1. The van der Waals surface area contributed by atoms with E-state index < -0.39 is 46.3 Å². The third kappa shape index (κ3) is 4.69. The first-order valence-electron chi connectivity index (χ1n) is 13.9. The molecule has 1 saturated carbocycles. The van der Waals surface area contributed by atoms with Gasteiger partial charge in [-0.05, 0) is 87.5 Å². The maximum Gasteiger partial charge on any atom is 0.426 e. The zero-order chi connectivity index (χ0) is 29.1. The fourth-order valence-electron chi connectivity index (χ4n) is 7.25. The number of nitrogens with zero attached hydrogens (tertiary/aromatic N) is 1. The lowest BCUT2D eigenvalue weighted by Crippen LogP contribution is -2.55. The van der Waals surface area contributed by atoms with Gasteiger partial charge < -0.3 is 10.0 Å². The first-order valence-corrected chi connectivity index (χ1v) is 13.9. The van der Waals surface area contributed by atoms with Crippen LogP contribution in [0.5, 0.6) is 0 Å². The van der Waals surface area contributed by atoms with Gasteiger partial charge in [-0.15, -0.1) is 0 Å². The summed E-state index contributed by atoms with van der Waals surface area (Å²) < 4.78 is 71.5. The van der Waals surface area contributed by atoms with Crippen molar-refractivity contribution < 1.29 is 36.6 Å². The van der Waals surface area contributed by atoms with Gasteiger partial charge in [0, 0.05) is 18.0 Å². The van der Waals surface area contributed by atoms with Crippen LogP contribution in [-0.2, 0) is 33.5 Å². The Balaban J connectivity index is 1.52. The topological polar surface area (TPSA) is 57.6 Å². The minimum absolute atomic E-state index is 0.0946. The van der Waals surface area contributed by atoms with Crippen LogP contribution in [0.15, 0.2) is 42.5 Å². The van der Waals surface area contributed by atoms with Crippen LogP contribution in [-0.4, -0.2) is 46.3 Å². The molecule has 5 rings (SSSR count). The number of carboxylic acids is 1. The smallest absolute Gasteiger partial charge is 0.426 e. The summed E-state index contributed by atoms with van der Waals surface area (Å²) in [6, 6.07) is 11.6. The highest BCUT2D eigenvalue weighted by Gasteiger charge is 2.57. The Kier molecular flexibility index (Phi) is 7.02. The number of carbonyl (C=O) groups excluding carboxylic acids is 1. The molecular weight excluding hydrogens is 529 g/mol. The van der Waals surface area contributed by atoms with Gasteiger partial charge in [0.15, 0.2) is 5.67 Å². The van der Waals surface area contributed by atoms with E-state index in [4.69, 9.17) is 0 Å². The van der Waals surface area contributed by atoms with Crippen molar-refractivity contribution in [3.05, 3.63) is 70.3 Å². The molecule has 3 aliphatic rings. The lowest BCUT2D eigenvalue weighted by molar-refractivity contribution is -0.228. The summed E-state index contributed by atoms with van der Waals surface area (Å²) >= 11 is 0. The maximum absolute atomic E-state index is 16.1. The lowest BCUT2D eigenvalue weighted by atomic mass is 9.63. The van der Waals surface area contributed by atoms with Gasteiger partial charge in [-0.2, -0.15) is 13.2 Å². The van der Waals surface area contributed by atoms with Crippen LogP contribution in [0.4, 0.5) is 22.0 Å². The van der Waals surface area contributed by atoms with Crippen molar-refractivity contribution in [3.63, 3.8) is 0 Å². The number of fused-ring (bicyclic) bond motifs is 3. The maximum atomic E-state index is 16.1. The summed E-state index contributed by atoms with van der Waals surface area (Å²) in [6.07, 6.45) is -3.44. The summed E-state index contributed by atoms with van der Waals surface area (Å²) in [5, 5.41) is 9.31. The van der Waals surface area contributed by atoms with E-state index in [1.165, 1.54) is 12.1 Å². The Morgan fingerprint density at radius 3 is 2.35 bits per heavy atom. The Labute approximate surface area is 230 Å². The molecule has 0 bridgehead atoms. The molecule has 0 radical (unpaired) electrons. The van der Waals surface area contributed by atoms with Gasteiger partial charge >= 0.3 is 12.1 Å². The second kappa shape index (κ2) is 9.84. The summed E-state index contributed by atoms with van der Waals surface area (Å²) in [6.45, 7) is 2.77. The van der Waals surface area contributed by atoms with Gasteiger partial charge in [0.05, 0.1) is 5.92 Å². The van der Waals surface area contributed by atoms with E-state index in [2.05, 4.69) is 0 Å². The highest BCUT2D eigenvalue weighted by molar-refractivity contribution is 5.86. The zero-order valence-electron chi connectivity index (χ0n) is 22.7. The number of halogens is 5. The normalized spacial score (nSPS) is 29.8. The summed E-state index contributed by atoms with van der Waals surface area (Å²) in [5.74, 6) is -2.27. The van der Waals surface area contributed by atoms with Crippen molar-refractivity contribution in [2.45, 2.75) is 94.2 Å². The molecule has 4 nitrogen and oxygen atoms in total. The number of benzene rings is 2. The standard InChI is InChI=1S/C31H34F5NO3/c1-19-4-3-5-20(16-19)18-29-14-15-37(27(40)30(33)12-10-21(11-13-30)26(38)39)25(29)9-6-22-17-23(7-8-24(22)29)28(2,32)31(34,35)36/h3-5,7-8,16-17,21,25H,6,9-15,18H2,1-2H3,(H,38,39)/t21-,25?,28?,29?,30+. The van der Waals surface area contributed by atoms with Gasteiger partial charge in [-0.1, -0.05) is 48.0 Å². The summed E-state index contributed by atoms with van der Waals surface area (Å²) in [4.78, 5) is 26.7. The molecule has 3 unspecified atom stereocenters. The molecular formula is C31H34F5NO3. The third-order valence-electron chi connectivity index (χ3n) is 9.59. The number of hydrogen-bond donors (Lipinski definition) is 1. The van der Waals surface area contributed by atoms with Crippen LogP contribution in [0.25, 0.3) is 0 Å². The molecule has 1 N–H and O–H groups in total. The molecule has 9 heteroatoms. The highest BCUT2D eigenvalue weighted by Crippen LogP contribution is 2.52. The number of rotatable bonds is 5. The Hall–Kier alpha value is -2.97.